The van der Waals surface area contributed by atoms with Crippen LogP contribution < -0.4 is 15.8 Å². The predicted octanol–water partition coefficient (Wildman–Crippen LogP) is 1.26. The lowest BCUT2D eigenvalue weighted by Gasteiger charge is -2.08. The Balaban J connectivity index is 2.33. The molecule has 1 aromatic heterocycles. The number of nitrogens with one attached hydrogen (secondary N) is 1. The summed E-state index contributed by atoms with van der Waals surface area (Å²) in [5.41, 5.74) is 7.24. The van der Waals surface area contributed by atoms with Crippen LogP contribution in [-0.4, -0.2) is 30.2 Å². The fourth-order valence-electron chi connectivity index (χ4n) is 2.02. The van der Waals surface area contributed by atoms with Crippen molar-refractivity contribution in [2.45, 2.75) is 13.0 Å². The first kappa shape index (κ1) is 13.4. The summed E-state index contributed by atoms with van der Waals surface area (Å²) in [5, 5.41) is 3.79. The molecule has 0 aliphatic rings. The molecule has 2 rings (SSSR count). The second-order valence-corrected chi connectivity index (χ2v) is 4.70. The summed E-state index contributed by atoms with van der Waals surface area (Å²) in [6.07, 6.45) is 0. The van der Waals surface area contributed by atoms with Gasteiger partial charge in [0, 0.05) is 30.5 Å². The predicted molar refractivity (Wildman–Crippen MR) is 75.5 cm³/mol. The molecule has 0 bridgehead atoms. The average Bonchev–Trinajstić information content (AvgIpc) is 2.72. The number of aryl methyl sites for hydroxylation is 1. The number of carbonyl (C=O) groups excluding carboxylic acids is 1. The van der Waals surface area contributed by atoms with Crippen molar-refractivity contribution in [2.75, 3.05) is 13.7 Å². The van der Waals surface area contributed by atoms with Crippen LogP contribution in [0.4, 0.5) is 0 Å². The van der Waals surface area contributed by atoms with E-state index in [1.807, 2.05) is 42.8 Å². The van der Waals surface area contributed by atoms with Crippen molar-refractivity contribution in [3.8, 4) is 5.75 Å². The van der Waals surface area contributed by atoms with Crippen molar-refractivity contribution >= 4 is 16.8 Å². The molecule has 0 fully saturated rings. The highest BCUT2D eigenvalue weighted by atomic mass is 16.5. The van der Waals surface area contributed by atoms with E-state index in [0.717, 1.165) is 16.7 Å². The van der Waals surface area contributed by atoms with Crippen LogP contribution in [0.5, 0.6) is 5.75 Å². The Morgan fingerprint density at radius 1 is 1.47 bits per heavy atom. The molecule has 5 nitrogen and oxygen atoms in total. The van der Waals surface area contributed by atoms with E-state index < -0.39 is 0 Å². The molecule has 1 amide bonds. The van der Waals surface area contributed by atoms with Gasteiger partial charge in [-0.05, 0) is 31.2 Å². The number of ether oxygens (including phenoxy) is 1. The lowest BCUT2D eigenvalue weighted by atomic mass is 10.2. The summed E-state index contributed by atoms with van der Waals surface area (Å²) in [6.45, 7) is 2.32. The van der Waals surface area contributed by atoms with Crippen molar-refractivity contribution in [3.63, 3.8) is 0 Å². The summed E-state index contributed by atoms with van der Waals surface area (Å²) in [4.78, 5) is 12.1. The first-order valence-electron chi connectivity index (χ1n) is 6.20. The Morgan fingerprint density at radius 3 is 2.84 bits per heavy atom. The van der Waals surface area contributed by atoms with E-state index in [1.165, 1.54) is 0 Å². The van der Waals surface area contributed by atoms with E-state index in [2.05, 4.69) is 5.32 Å². The fourth-order valence-corrected chi connectivity index (χ4v) is 2.02. The van der Waals surface area contributed by atoms with E-state index in [4.69, 9.17) is 10.5 Å². The number of fused-ring (bicyclic) bond motifs is 1. The average molecular weight is 261 g/mol. The van der Waals surface area contributed by atoms with Crippen LogP contribution in [0.25, 0.3) is 10.9 Å². The zero-order valence-electron chi connectivity index (χ0n) is 11.4. The van der Waals surface area contributed by atoms with Gasteiger partial charge in [-0.15, -0.1) is 0 Å². The number of carbonyl (C=O) groups is 1. The molecule has 1 unspecified atom stereocenters. The number of amides is 1. The van der Waals surface area contributed by atoms with Crippen LogP contribution in [0.1, 0.15) is 17.4 Å². The summed E-state index contributed by atoms with van der Waals surface area (Å²) in [6, 6.07) is 7.54. The molecule has 102 valence electrons. The smallest absolute Gasteiger partial charge is 0.267 e. The van der Waals surface area contributed by atoms with Gasteiger partial charge in [0.05, 0.1) is 7.11 Å². The Morgan fingerprint density at radius 2 is 2.21 bits per heavy atom. The topological polar surface area (TPSA) is 69.3 Å². The monoisotopic (exact) mass is 261 g/mol. The molecule has 2 aromatic rings. The molecule has 0 aliphatic heterocycles. The SMILES string of the molecule is COc1ccc2c(c1)cc(C(=O)NCC(C)N)n2C. The Hall–Kier alpha value is -2.01. The van der Waals surface area contributed by atoms with Gasteiger partial charge in [-0.2, -0.15) is 0 Å². The van der Waals surface area contributed by atoms with Crippen molar-refractivity contribution in [1.82, 2.24) is 9.88 Å². The number of nitrogens with zero attached hydrogens (tertiary/aromatic N) is 1. The van der Waals surface area contributed by atoms with Crippen molar-refractivity contribution < 1.29 is 9.53 Å². The van der Waals surface area contributed by atoms with Crippen molar-refractivity contribution in [3.05, 3.63) is 30.0 Å². The van der Waals surface area contributed by atoms with Crippen molar-refractivity contribution in [2.24, 2.45) is 12.8 Å². The highest BCUT2D eigenvalue weighted by molar-refractivity contribution is 5.99. The molecular weight excluding hydrogens is 242 g/mol. The first-order chi connectivity index (χ1) is 9.02. The molecule has 1 atom stereocenters. The van der Waals surface area contributed by atoms with Crippen LogP contribution in [0.15, 0.2) is 24.3 Å². The molecule has 19 heavy (non-hydrogen) atoms. The van der Waals surface area contributed by atoms with Crippen LogP contribution in [0.3, 0.4) is 0 Å². The molecule has 0 radical (unpaired) electrons. The van der Waals surface area contributed by atoms with Gasteiger partial charge in [0.15, 0.2) is 0 Å². The minimum Gasteiger partial charge on any atom is -0.497 e. The van der Waals surface area contributed by atoms with Crippen LogP contribution in [-0.2, 0) is 7.05 Å². The molecular formula is C14H19N3O2. The van der Waals surface area contributed by atoms with Crippen molar-refractivity contribution in [1.29, 1.82) is 0 Å². The molecule has 0 spiro atoms. The second kappa shape index (κ2) is 5.32. The lowest BCUT2D eigenvalue weighted by Crippen LogP contribution is -2.35. The standard InChI is InChI=1S/C14H19N3O2/c1-9(15)8-16-14(18)13-7-10-6-11(19-3)4-5-12(10)17(13)2/h4-7,9H,8,15H2,1-3H3,(H,16,18). The molecule has 1 aromatic carbocycles. The van der Waals surface area contributed by atoms with Crippen LogP contribution in [0.2, 0.25) is 0 Å². The van der Waals surface area contributed by atoms with Gasteiger partial charge in [0.25, 0.3) is 5.91 Å². The molecule has 3 N–H and O–H groups in total. The third kappa shape index (κ3) is 2.71. The van der Waals surface area contributed by atoms with E-state index in [-0.39, 0.29) is 11.9 Å². The zero-order chi connectivity index (χ0) is 14.0. The largest absolute Gasteiger partial charge is 0.497 e. The van der Waals surface area contributed by atoms with Gasteiger partial charge in [-0.25, -0.2) is 0 Å². The van der Waals surface area contributed by atoms with Gasteiger partial charge in [0.1, 0.15) is 11.4 Å². The van der Waals surface area contributed by atoms with Gasteiger partial charge >= 0.3 is 0 Å². The molecule has 0 aliphatic carbocycles. The fraction of sp³-hybridized carbons (Fsp3) is 0.357. The van der Waals surface area contributed by atoms with Crippen LogP contribution >= 0.6 is 0 Å². The number of nitrogens with two attached hydrogens (primary N) is 1. The van der Waals surface area contributed by atoms with E-state index in [1.54, 1.807) is 7.11 Å². The van der Waals surface area contributed by atoms with E-state index in [0.29, 0.717) is 12.2 Å². The van der Waals surface area contributed by atoms with E-state index >= 15 is 0 Å². The Kier molecular flexibility index (Phi) is 3.76. The summed E-state index contributed by atoms with van der Waals surface area (Å²) >= 11 is 0. The first-order valence-corrected chi connectivity index (χ1v) is 6.20. The highest BCUT2D eigenvalue weighted by Crippen LogP contribution is 2.23. The highest BCUT2D eigenvalue weighted by Gasteiger charge is 2.13. The molecule has 5 heteroatoms. The normalized spacial score (nSPS) is 12.4. The quantitative estimate of drug-likeness (QED) is 0.870. The maximum absolute atomic E-state index is 12.1. The van der Waals surface area contributed by atoms with E-state index in [9.17, 15) is 4.79 Å². The number of benzene rings is 1. The van der Waals surface area contributed by atoms with Gasteiger partial charge in [-0.3, -0.25) is 4.79 Å². The number of hydrogen-bond acceptors (Lipinski definition) is 3. The lowest BCUT2D eigenvalue weighted by molar-refractivity contribution is 0.0944. The number of rotatable bonds is 4. The maximum atomic E-state index is 12.1. The second-order valence-electron chi connectivity index (χ2n) is 4.70. The van der Waals surface area contributed by atoms with Gasteiger partial charge in [-0.1, -0.05) is 0 Å². The molecule has 0 saturated heterocycles. The molecule has 0 saturated carbocycles. The minimum atomic E-state index is -0.116. The third-order valence-corrected chi connectivity index (χ3v) is 3.07. The van der Waals surface area contributed by atoms with Crippen LogP contribution in [0, 0.1) is 0 Å². The minimum absolute atomic E-state index is 0.0567. The Bertz CT molecular complexity index is 602. The number of methoxy groups -OCH3 is 1. The summed E-state index contributed by atoms with van der Waals surface area (Å²) < 4.78 is 7.05. The number of hydrogen-bond donors (Lipinski definition) is 2. The summed E-state index contributed by atoms with van der Waals surface area (Å²) in [5.74, 6) is 0.663. The Labute approximate surface area is 112 Å². The number of aromatic nitrogens is 1. The third-order valence-electron chi connectivity index (χ3n) is 3.07. The summed E-state index contributed by atoms with van der Waals surface area (Å²) in [7, 11) is 3.50. The van der Waals surface area contributed by atoms with Gasteiger partial charge < -0.3 is 20.4 Å². The van der Waals surface area contributed by atoms with Gasteiger partial charge in [0.2, 0.25) is 0 Å². The maximum Gasteiger partial charge on any atom is 0.267 e. The zero-order valence-corrected chi connectivity index (χ0v) is 11.4. The molecule has 1 heterocycles.